The summed E-state index contributed by atoms with van der Waals surface area (Å²) in [5.74, 6) is -0.571. The second-order valence-corrected chi connectivity index (χ2v) is 9.67. The van der Waals surface area contributed by atoms with E-state index in [2.05, 4.69) is 0 Å². The molecule has 1 saturated carbocycles. The molecule has 0 atom stereocenters. The molecule has 0 aromatic heterocycles. The van der Waals surface area contributed by atoms with Crippen molar-refractivity contribution in [3.05, 3.63) is 35.6 Å². The van der Waals surface area contributed by atoms with E-state index in [1.54, 1.807) is 17.0 Å². The first kappa shape index (κ1) is 20.8. The number of sulfone groups is 1. The van der Waals surface area contributed by atoms with Crippen LogP contribution in [0.5, 0.6) is 0 Å². The molecule has 1 aliphatic rings. The molecule has 1 aliphatic carbocycles. The van der Waals surface area contributed by atoms with Gasteiger partial charge in [0.1, 0.15) is 5.82 Å². The van der Waals surface area contributed by atoms with Gasteiger partial charge < -0.3 is 9.80 Å². The predicted octanol–water partition coefficient (Wildman–Crippen LogP) is 2.46. The second-order valence-electron chi connectivity index (χ2n) is 7.27. The first-order chi connectivity index (χ1) is 12.3. The third kappa shape index (κ3) is 6.36. The average molecular weight is 385 g/mol. The lowest BCUT2D eigenvalue weighted by atomic mass is 10.2. The van der Waals surface area contributed by atoms with Crippen molar-refractivity contribution in [3.63, 3.8) is 0 Å². The van der Waals surface area contributed by atoms with Gasteiger partial charge in [-0.1, -0.05) is 25.0 Å². The van der Waals surface area contributed by atoms with Crippen molar-refractivity contribution in [2.45, 2.75) is 43.9 Å². The number of halogens is 1. The lowest BCUT2D eigenvalue weighted by molar-refractivity contribution is -0.131. The molecule has 5 nitrogen and oxygen atoms in total. The van der Waals surface area contributed by atoms with Crippen molar-refractivity contribution in [1.82, 2.24) is 9.80 Å². The van der Waals surface area contributed by atoms with Crippen molar-refractivity contribution < 1.29 is 17.6 Å². The van der Waals surface area contributed by atoms with Crippen LogP contribution in [-0.4, -0.2) is 62.3 Å². The van der Waals surface area contributed by atoms with Crippen molar-refractivity contribution in [2.75, 3.05) is 32.9 Å². The smallest absolute Gasteiger partial charge is 0.223 e. The zero-order valence-corrected chi connectivity index (χ0v) is 16.5. The van der Waals surface area contributed by atoms with Gasteiger partial charge in [-0.15, -0.1) is 0 Å². The van der Waals surface area contributed by atoms with Crippen LogP contribution in [-0.2, 0) is 21.2 Å². The van der Waals surface area contributed by atoms with Gasteiger partial charge in [-0.25, -0.2) is 12.8 Å². The number of carbonyl (C=O) groups excluding carboxylic acids is 1. The number of nitrogens with zero attached hydrogens (tertiary/aromatic N) is 2. The van der Waals surface area contributed by atoms with Gasteiger partial charge >= 0.3 is 0 Å². The van der Waals surface area contributed by atoms with Gasteiger partial charge in [0.15, 0.2) is 9.84 Å². The Kier molecular flexibility index (Phi) is 7.58. The van der Waals surface area contributed by atoms with Crippen molar-refractivity contribution in [2.24, 2.45) is 0 Å². The van der Waals surface area contributed by atoms with Gasteiger partial charge in [-0.05, 0) is 44.6 Å². The molecule has 2 rings (SSSR count). The van der Waals surface area contributed by atoms with E-state index in [9.17, 15) is 17.6 Å². The molecule has 7 heteroatoms. The number of rotatable bonds is 9. The minimum atomic E-state index is -3.21. The molecule has 1 aromatic carbocycles. The molecule has 0 N–H and O–H groups in total. The number of likely N-dealkylation sites (N-methyl/N-ethyl adjacent to an activating group) is 1. The van der Waals surface area contributed by atoms with Crippen LogP contribution in [0, 0.1) is 5.82 Å². The van der Waals surface area contributed by atoms with Crippen molar-refractivity contribution in [1.29, 1.82) is 0 Å². The summed E-state index contributed by atoms with van der Waals surface area (Å²) in [4.78, 5) is 16.3. The van der Waals surface area contributed by atoms with E-state index in [1.807, 2.05) is 19.0 Å². The predicted molar refractivity (Wildman–Crippen MR) is 101 cm³/mol. The molecule has 0 bridgehead atoms. The van der Waals surface area contributed by atoms with E-state index in [4.69, 9.17) is 0 Å². The van der Waals surface area contributed by atoms with E-state index >= 15 is 0 Å². The van der Waals surface area contributed by atoms with Crippen molar-refractivity contribution >= 4 is 15.7 Å². The fourth-order valence-electron chi connectivity index (χ4n) is 3.22. The van der Waals surface area contributed by atoms with Crippen LogP contribution in [0.3, 0.4) is 0 Å². The first-order valence-corrected chi connectivity index (χ1v) is 10.9. The second kappa shape index (κ2) is 9.46. The highest BCUT2D eigenvalue weighted by Gasteiger charge is 2.29. The number of carbonyl (C=O) groups is 1. The van der Waals surface area contributed by atoms with Gasteiger partial charge in [0.05, 0.1) is 11.0 Å². The van der Waals surface area contributed by atoms with Crippen LogP contribution >= 0.6 is 0 Å². The highest BCUT2D eigenvalue weighted by molar-refractivity contribution is 7.92. The number of hydrogen-bond acceptors (Lipinski definition) is 4. The summed E-state index contributed by atoms with van der Waals surface area (Å²) in [6.07, 6.45) is 3.36. The minimum absolute atomic E-state index is 0.00740. The molecular formula is C19H29FN2O3S. The third-order valence-corrected chi connectivity index (χ3v) is 7.13. The van der Waals surface area contributed by atoms with E-state index in [1.165, 1.54) is 12.1 Å². The van der Waals surface area contributed by atoms with Crippen molar-refractivity contribution in [3.8, 4) is 0 Å². The Balaban J connectivity index is 1.98. The molecule has 0 unspecified atom stereocenters. The van der Waals surface area contributed by atoms with Gasteiger partial charge in [-0.3, -0.25) is 4.79 Å². The molecule has 0 radical (unpaired) electrons. The molecule has 146 valence electrons. The molecule has 0 aliphatic heterocycles. The maximum atomic E-state index is 13.1. The molecule has 1 aromatic rings. The molecular weight excluding hydrogens is 355 g/mol. The summed E-state index contributed by atoms with van der Waals surface area (Å²) in [6.45, 7) is 1.55. The van der Waals surface area contributed by atoms with Crippen LogP contribution in [0.25, 0.3) is 0 Å². The van der Waals surface area contributed by atoms with E-state index < -0.39 is 9.84 Å². The van der Waals surface area contributed by atoms with Gasteiger partial charge in [-0.2, -0.15) is 0 Å². The van der Waals surface area contributed by atoms with Gasteiger partial charge in [0.25, 0.3) is 0 Å². The topological polar surface area (TPSA) is 57.7 Å². The largest absolute Gasteiger partial charge is 0.337 e. The average Bonchev–Trinajstić information content (AvgIpc) is 3.13. The lowest BCUT2D eigenvalue weighted by Crippen LogP contribution is -2.37. The Morgan fingerprint density at radius 1 is 1.12 bits per heavy atom. The number of amides is 1. The number of hydrogen-bond donors (Lipinski definition) is 0. The first-order valence-electron chi connectivity index (χ1n) is 9.16. The summed E-state index contributed by atoms with van der Waals surface area (Å²) >= 11 is 0. The Morgan fingerprint density at radius 3 is 2.31 bits per heavy atom. The Bertz CT molecular complexity index is 683. The lowest BCUT2D eigenvalue weighted by Gasteiger charge is -2.25. The molecule has 0 saturated heterocycles. The number of benzene rings is 1. The quantitative estimate of drug-likeness (QED) is 0.656. The fraction of sp³-hybridized carbons (Fsp3) is 0.632. The van der Waals surface area contributed by atoms with E-state index in [0.717, 1.165) is 31.2 Å². The SMILES string of the molecule is CN(C)CCN(Cc1ccc(F)cc1)C(=O)CCS(=O)(=O)C1CCCC1. The standard InChI is InChI=1S/C19H29FN2O3S/c1-21(2)12-13-22(15-16-7-9-17(20)10-8-16)19(23)11-14-26(24,25)18-5-3-4-6-18/h7-10,18H,3-6,11-15H2,1-2H3. The minimum Gasteiger partial charge on any atom is -0.337 e. The van der Waals surface area contributed by atoms with Crippen LogP contribution in [0.4, 0.5) is 4.39 Å². The molecule has 0 heterocycles. The third-order valence-electron chi connectivity index (χ3n) is 4.87. The normalized spacial score (nSPS) is 15.5. The van der Waals surface area contributed by atoms with Gasteiger partial charge in [0, 0.05) is 26.1 Å². The summed E-state index contributed by atoms with van der Waals surface area (Å²) < 4.78 is 37.9. The van der Waals surface area contributed by atoms with E-state index in [0.29, 0.717) is 19.6 Å². The monoisotopic (exact) mass is 384 g/mol. The zero-order chi connectivity index (χ0) is 19.2. The van der Waals surface area contributed by atoms with Crippen LogP contribution < -0.4 is 0 Å². The Morgan fingerprint density at radius 2 is 1.73 bits per heavy atom. The summed E-state index contributed by atoms with van der Waals surface area (Å²) in [7, 11) is 0.638. The van der Waals surface area contributed by atoms with Gasteiger partial charge in [0.2, 0.25) is 5.91 Å². The molecule has 1 fully saturated rings. The maximum Gasteiger partial charge on any atom is 0.223 e. The summed E-state index contributed by atoms with van der Waals surface area (Å²) in [5, 5.41) is -0.275. The Hall–Kier alpha value is -1.47. The summed E-state index contributed by atoms with van der Waals surface area (Å²) in [5.41, 5.74) is 0.831. The maximum absolute atomic E-state index is 13.1. The highest BCUT2D eigenvalue weighted by atomic mass is 32.2. The zero-order valence-electron chi connectivity index (χ0n) is 15.7. The van der Waals surface area contributed by atoms with Crippen LogP contribution in [0.2, 0.25) is 0 Å². The molecule has 0 spiro atoms. The van der Waals surface area contributed by atoms with E-state index in [-0.39, 0.29) is 29.1 Å². The molecule has 26 heavy (non-hydrogen) atoms. The molecule has 1 amide bonds. The highest BCUT2D eigenvalue weighted by Crippen LogP contribution is 2.25. The van der Waals surface area contributed by atoms with Crippen LogP contribution in [0.1, 0.15) is 37.7 Å². The fourth-order valence-corrected chi connectivity index (χ4v) is 5.07. The summed E-state index contributed by atoms with van der Waals surface area (Å²) in [6, 6.07) is 6.05. The Labute approximate surface area is 156 Å². The van der Waals surface area contributed by atoms with Crippen LogP contribution in [0.15, 0.2) is 24.3 Å².